The number of halogens is 1. The summed E-state index contributed by atoms with van der Waals surface area (Å²) in [6.45, 7) is 1.99. The second-order valence-corrected chi connectivity index (χ2v) is 3.06. The minimum Gasteiger partial charge on any atom is -0.457 e. The third-order valence-corrected chi connectivity index (χ3v) is 2.06. The van der Waals surface area contributed by atoms with Crippen LogP contribution in [0.15, 0.2) is 10.5 Å². The number of hydrogen-bond donors (Lipinski definition) is 0. The Balaban J connectivity index is 3.03. The van der Waals surface area contributed by atoms with E-state index in [1.165, 1.54) is 0 Å². The largest absolute Gasteiger partial charge is 0.457 e. The van der Waals surface area contributed by atoms with Crippen LogP contribution >= 0.6 is 22.6 Å². The molecule has 2 nitrogen and oxygen atoms in total. The molecule has 54 valence electrons. The summed E-state index contributed by atoms with van der Waals surface area (Å²) in [6, 6.07) is 1.88. The third-order valence-electron chi connectivity index (χ3n) is 1.22. The number of carbonyl (C=O) groups is 1. The van der Waals surface area contributed by atoms with Crippen LogP contribution in [0.4, 0.5) is 0 Å². The average molecular weight is 250 g/mol. The van der Waals surface area contributed by atoms with Crippen molar-refractivity contribution in [2.45, 2.75) is 13.3 Å². The van der Waals surface area contributed by atoms with Gasteiger partial charge < -0.3 is 4.42 Å². The summed E-state index contributed by atoms with van der Waals surface area (Å²) in [5.41, 5.74) is 0. The van der Waals surface area contributed by atoms with Crippen LogP contribution in [0.5, 0.6) is 0 Å². The van der Waals surface area contributed by atoms with Gasteiger partial charge in [0.05, 0.1) is 3.57 Å². The number of rotatable bonds is 2. The molecule has 0 atom stereocenters. The van der Waals surface area contributed by atoms with Crippen LogP contribution in [0.25, 0.3) is 0 Å². The van der Waals surface area contributed by atoms with Crippen molar-refractivity contribution >= 4 is 28.9 Å². The van der Waals surface area contributed by atoms with E-state index in [0.29, 0.717) is 5.76 Å². The highest BCUT2D eigenvalue weighted by Crippen LogP contribution is 2.15. The minimum atomic E-state index is 0.442. The first kappa shape index (κ1) is 7.78. The lowest BCUT2D eigenvalue weighted by Crippen LogP contribution is -1.74. The van der Waals surface area contributed by atoms with Crippen LogP contribution in [0.2, 0.25) is 0 Å². The van der Waals surface area contributed by atoms with Gasteiger partial charge in [0.1, 0.15) is 5.76 Å². The monoisotopic (exact) mass is 250 g/mol. The molecule has 0 amide bonds. The van der Waals surface area contributed by atoms with Crippen molar-refractivity contribution in [3.8, 4) is 0 Å². The Kier molecular flexibility index (Phi) is 2.48. The molecule has 3 heteroatoms. The predicted molar refractivity (Wildman–Crippen MR) is 46.2 cm³/mol. The molecule has 10 heavy (non-hydrogen) atoms. The molecule has 0 aliphatic heterocycles. The minimum absolute atomic E-state index is 0.442. The summed E-state index contributed by atoms with van der Waals surface area (Å²) in [5.74, 6) is 1.31. The summed E-state index contributed by atoms with van der Waals surface area (Å²) in [4.78, 5) is 10.3. The van der Waals surface area contributed by atoms with Gasteiger partial charge in [-0.1, -0.05) is 6.92 Å². The second-order valence-electron chi connectivity index (χ2n) is 1.90. The van der Waals surface area contributed by atoms with Crippen LogP contribution < -0.4 is 0 Å². The van der Waals surface area contributed by atoms with Crippen molar-refractivity contribution in [2.24, 2.45) is 0 Å². The number of aryl methyl sites for hydroxylation is 1. The van der Waals surface area contributed by atoms with E-state index in [4.69, 9.17) is 4.42 Å². The van der Waals surface area contributed by atoms with Gasteiger partial charge in [-0.3, -0.25) is 4.79 Å². The highest BCUT2D eigenvalue weighted by Gasteiger charge is 2.04. The maximum absolute atomic E-state index is 10.3. The van der Waals surface area contributed by atoms with E-state index in [2.05, 4.69) is 22.6 Å². The Labute approximate surface area is 72.7 Å². The molecule has 1 aromatic heterocycles. The lowest BCUT2D eigenvalue weighted by Gasteiger charge is -1.82. The van der Waals surface area contributed by atoms with Gasteiger partial charge in [0.15, 0.2) is 12.0 Å². The van der Waals surface area contributed by atoms with Crippen molar-refractivity contribution in [3.05, 3.63) is 21.2 Å². The highest BCUT2D eigenvalue weighted by molar-refractivity contribution is 14.1. The molecule has 0 saturated carbocycles. The van der Waals surface area contributed by atoms with Gasteiger partial charge in [0.2, 0.25) is 0 Å². The SMILES string of the molecule is CCc1cc(I)c(C=O)o1. The van der Waals surface area contributed by atoms with E-state index in [9.17, 15) is 4.79 Å². The molecule has 0 aliphatic carbocycles. The van der Waals surface area contributed by atoms with Crippen molar-refractivity contribution < 1.29 is 9.21 Å². The zero-order valence-corrected chi connectivity index (χ0v) is 7.71. The van der Waals surface area contributed by atoms with E-state index >= 15 is 0 Å². The van der Waals surface area contributed by atoms with E-state index in [0.717, 1.165) is 22.0 Å². The zero-order valence-electron chi connectivity index (χ0n) is 5.56. The van der Waals surface area contributed by atoms with Crippen molar-refractivity contribution in [1.29, 1.82) is 0 Å². The summed E-state index contributed by atoms with van der Waals surface area (Å²) < 4.78 is 6.03. The molecule has 0 aromatic carbocycles. The number of hydrogen-bond acceptors (Lipinski definition) is 2. The van der Waals surface area contributed by atoms with Crippen LogP contribution in [0.3, 0.4) is 0 Å². The first-order valence-corrected chi connectivity index (χ1v) is 4.09. The van der Waals surface area contributed by atoms with E-state index < -0.39 is 0 Å². The topological polar surface area (TPSA) is 30.2 Å². The van der Waals surface area contributed by atoms with Crippen molar-refractivity contribution in [3.63, 3.8) is 0 Å². The Hall–Kier alpha value is -0.320. The fourth-order valence-corrected chi connectivity index (χ4v) is 1.27. The first-order chi connectivity index (χ1) is 4.77. The third kappa shape index (κ3) is 1.39. The van der Waals surface area contributed by atoms with Crippen LogP contribution in [0.1, 0.15) is 23.2 Å². The lowest BCUT2D eigenvalue weighted by atomic mass is 10.4. The fourth-order valence-electron chi connectivity index (χ4n) is 0.686. The Morgan fingerprint density at radius 3 is 2.80 bits per heavy atom. The van der Waals surface area contributed by atoms with E-state index in [1.807, 2.05) is 13.0 Å². The molecular weight excluding hydrogens is 243 g/mol. The molecule has 1 aromatic rings. The molecule has 0 aliphatic rings. The van der Waals surface area contributed by atoms with Crippen molar-refractivity contribution in [2.75, 3.05) is 0 Å². The van der Waals surface area contributed by atoms with Gasteiger partial charge >= 0.3 is 0 Å². The maximum atomic E-state index is 10.3. The number of furan rings is 1. The molecule has 0 fully saturated rings. The standard InChI is InChI=1S/C7H7IO2/c1-2-5-3-6(8)7(4-9)10-5/h3-4H,2H2,1H3. The quantitative estimate of drug-likeness (QED) is 0.595. The molecule has 1 heterocycles. The van der Waals surface area contributed by atoms with Gasteiger partial charge in [-0.25, -0.2) is 0 Å². The summed E-state index contributed by atoms with van der Waals surface area (Å²) in [5, 5.41) is 0. The lowest BCUT2D eigenvalue weighted by molar-refractivity contribution is 0.109. The second kappa shape index (κ2) is 3.18. The molecule has 0 radical (unpaired) electrons. The average Bonchev–Trinajstić information content (AvgIpc) is 2.30. The molecule has 0 bridgehead atoms. The summed E-state index contributed by atoms with van der Waals surface area (Å²) in [6.07, 6.45) is 1.57. The van der Waals surface area contributed by atoms with E-state index in [1.54, 1.807) is 0 Å². The molecule has 0 unspecified atom stereocenters. The first-order valence-electron chi connectivity index (χ1n) is 3.01. The van der Waals surface area contributed by atoms with Gasteiger partial charge in [0.25, 0.3) is 0 Å². The number of aldehydes is 1. The van der Waals surface area contributed by atoms with E-state index in [-0.39, 0.29) is 0 Å². The van der Waals surface area contributed by atoms with Crippen LogP contribution in [-0.2, 0) is 6.42 Å². The Morgan fingerprint density at radius 1 is 1.80 bits per heavy atom. The Bertz CT molecular complexity index is 240. The van der Waals surface area contributed by atoms with Crippen molar-refractivity contribution in [1.82, 2.24) is 0 Å². The zero-order chi connectivity index (χ0) is 7.56. The highest BCUT2D eigenvalue weighted by atomic mass is 127. The maximum Gasteiger partial charge on any atom is 0.186 e. The Morgan fingerprint density at radius 2 is 2.50 bits per heavy atom. The summed E-state index contributed by atoms with van der Waals surface area (Å²) in [7, 11) is 0. The van der Waals surface area contributed by atoms with Crippen LogP contribution in [-0.4, -0.2) is 6.29 Å². The molecule has 0 spiro atoms. The molecular formula is C7H7IO2. The van der Waals surface area contributed by atoms with Gasteiger partial charge in [-0.05, 0) is 28.7 Å². The normalized spacial score (nSPS) is 9.80. The molecule has 1 rings (SSSR count). The number of carbonyl (C=O) groups excluding carboxylic acids is 1. The van der Waals surface area contributed by atoms with Gasteiger partial charge in [-0.2, -0.15) is 0 Å². The predicted octanol–water partition coefficient (Wildman–Crippen LogP) is 2.26. The smallest absolute Gasteiger partial charge is 0.186 e. The van der Waals surface area contributed by atoms with Gasteiger partial charge in [0, 0.05) is 6.42 Å². The van der Waals surface area contributed by atoms with Crippen LogP contribution in [0, 0.1) is 3.57 Å². The molecule has 0 N–H and O–H groups in total. The molecule has 0 saturated heterocycles. The summed E-state index contributed by atoms with van der Waals surface area (Å²) >= 11 is 2.08. The fraction of sp³-hybridized carbons (Fsp3) is 0.286. The van der Waals surface area contributed by atoms with Gasteiger partial charge in [-0.15, -0.1) is 0 Å².